The third-order valence-electron chi connectivity index (χ3n) is 4.87. The van der Waals surface area contributed by atoms with Gasteiger partial charge in [-0.15, -0.1) is 0 Å². The van der Waals surface area contributed by atoms with E-state index in [0.717, 1.165) is 51.9 Å². The Bertz CT molecular complexity index is 512. The Hall–Kier alpha value is -1.43. The first-order chi connectivity index (χ1) is 11.2. The second kappa shape index (κ2) is 7.90. The van der Waals surface area contributed by atoms with Gasteiger partial charge in [0.2, 0.25) is 5.91 Å². The van der Waals surface area contributed by atoms with E-state index >= 15 is 0 Å². The van der Waals surface area contributed by atoms with Gasteiger partial charge in [-0.05, 0) is 43.0 Å². The Balaban J connectivity index is 1.50. The number of rotatable bonds is 5. The number of piperidine rings is 1. The van der Waals surface area contributed by atoms with E-state index < -0.39 is 0 Å². The van der Waals surface area contributed by atoms with Crippen molar-refractivity contribution in [2.24, 2.45) is 11.7 Å². The Morgan fingerprint density at radius 2 is 1.87 bits per heavy atom. The summed E-state index contributed by atoms with van der Waals surface area (Å²) in [5.41, 5.74) is 7.13. The Morgan fingerprint density at radius 1 is 1.13 bits per heavy atom. The molecule has 5 nitrogen and oxygen atoms in total. The quantitative estimate of drug-likeness (QED) is 0.890. The monoisotopic (exact) mass is 317 g/mol. The lowest BCUT2D eigenvalue weighted by molar-refractivity contribution is 0.0224. The van der Waals surface area contributed by atoms with Crippen molar-refractivity contribution >= 4 is 5.91 Å². The number of morpholine rings is 1. The molecule has 3 rings (SSSR count). The van der Waals surface area contributed by atoms with Crippen molar-refractivity contribution in [3.05, 3.63) is 35.4 Å². The lowest BCUT2D eigenvalue weighted by Crippen LogP contribution is -2.44. The molecule has 1 aromatic carbocycles. The molecule has 2 heterocycles. The summed E-state index contributed by atoms with van der Waals surface area (Å²) < 4.78 is 5.43. The van der Waals surface area contributed by atoms with Crippen LogP contribution in [0, 0.1) is 5.92 Å². The van der Waals surface area contributed by atoms with E-state index in [1.165, 1.54) is 24.9 Å². The van der Waals surface area contributed by atoms with Crippen LogP contribution < -0.4 is 5.73 Å². The number of carbonyl (C=O) groups excluding carboxylic acids is 1. The van der Waals surface area contributed by atoms with Crippen molar-refractivity contribution in [3.8, 4) is 0 Å². The summed E-state index contributed by atoms with van der Waals surface area (Å²) in [4.78, 5) is 16.2. The number of likely N-dealkylation sites (tertiary alicyclic amines) is 1. The molecule has 2 saturated heterocycles. The fourth-order valence-corrected chi connectivity index (χ4v) is 3.63. The van der Waals surface area contributed by atoms with E-state index in [2.05, 4.69) is 9.80 Å². The lowest BCUT2D eigenvalue weighted by Gasteiger charge is -2.36. The molecule has 23 heavy (non-hydrogen) atoms. The third kappa shape index (κ3) is 4.77. The van der Waals surface area contributed by atoms with Crippen LogP contribution in [-0.4, -0.2) is 61.6 Å². The number of hydrogen-bond acceptors (Lipinski definition) is 4. The first-order valence-corrected chi connectivity index (χ1v) is 8.62. The van der Waals surface area contributed by atoms with Crippen molar-refractivity contribution in [1.29, 1.82) is 0 Å². The Labute approximate surface area is 138 Å². The third-order valence-corrected chi connectivity index (χ3v) is 4.87. The highest BCUT2D eigenvalue weighted by Crippen LogP contribution is 2.20. The predicted molar refractivity (Wildman–Crippen MR) is 90.2 cm³/mol. The Morgan fingerprint density at radius 3 is 2.57 bits per heavy atom. The van der Waals surface area contributed by atoms with Crippen LogP contribution >= 0.6 is 0 Å². The van der Waals surface area contributed by atoms with Crippen LogP contribution in [0.15, 0.2) is 24.3 Å². The topological polar surface area (TPSA) is 58.8 Å². The van der Waals surface area contributed by atoms with Gasteiger partial charge in [-0.1, -0.05) is 12.1 Å². The number of benzene rings is 1. The highest BCUT2D eigenvalue weighted by Gasteiger charge is 2.23. The van der Waals surface area contributed by atoms with Crippen LogP contribution in [0.1, 0.15) is 28.8 Å². The van der Waals surface area contributed by atoms with Crippen LogP contribution in [0.25, 0.3) is 0 Å². The SMILES string of the molecule is NC(=O)c1ccc(CN2CCCC(CN3CCOCC3)C2)cc1. The van der Waals surface area contributed by atoms with Gasteiger partial charge in [-0.3, -0.25) is 14.6 Å². The van der Waals surface area contributed by atoms with E-state index in [1.54, 1.807) is 0 Å². The molecule has 126 valence electrons. The molecule has 1 amide bonds. The molecule has 1 aromatic rings. The van der Waals surface area contributed by atoms with Gasteiger partial charge >= 0.3 is 0 Å². The number of amides is 1. The summed E-state index contributed by atoms with van der Waals surface area (Å²) in [5, 5.41) is 0. The van der Waals surface area contributed by atoms with E-state index in [0.29, 0.717) is 5.56 Å². The number of nitrogens with zero attached hydrogens (tertiary/aromatic N) is 2. The average Bonchev–Trinajstić information content (AvgIpc) is 2.57. The first kappa shape index (κ1) is 16.4. The zero-order valence-electron chi connectivity index (χ0n) is 13.7. The molecular weight excluding hydrogens is 290 g/mol. The highest BCUT2D eigenvalue weighted by atomic mass is 16.5. The van der Waals surface area contributed by atoms with Gasteiger partial charge in [-0.25, -0.2) is 0 Å². The van der Waals surface area contributed by atoms with Crippen LogP contribution in [0.4, 0.5) is 0 Å². The minimum Gasteiger partial charge on any atom is -0.379 e. The fourth-order valence-electron chi connectivity index (χ4n) is 3.63. The van der Waals surface area contributed by atoms with Gasteiger partial charge in [0.25, 0.3) is 0 Å². The predicted octanol–water partition coefficient (Wildman–Crippen LogP) is 1.33. The Kier molecular flexibility index (Phi) is 5.65. The summed E-state index contributed by atoms with van der Waals surface area (Å²) >= 11 is 0. The molecule has 0 bridgehead atoms. The molecule has 2 fully saturated rings. The molecule has 0 spiro atoms. The van der Waals surface area contributed by atoms with Gasteiger partial charge in [0.1, 0.15) is 0 Å². The standard InChI is InChI=1S/C18H27N3O2/c19-18(22)17-5-3-15(4-6-17)12-21-7-1-2-16(14-21)13-20-8-10-23-11-9-20/h3-6,16H,1-2,7-14H2,(H2,19,22). The second-order valence-corrected chi connectivity index (χ2v) is 6.72. The van der Waals surface area contributed by atoms with Crippen molar-refractivity contribution in [2.45, 2.75) is 19.4 Å². The van der Waals surface area contributed by atoms with Gasteiger partial charge in [0.05, 0.1) is 13.2 Å². The van der Waals surface area contributed by atoms with Gasteiger partial charge in [0.15, 0.2) is 0 Å². The summed E-state index contributed by atoms with van der Waals surface area (Å²) in [6, 6.07) is 7.69. The zero-order valence-corrected chi connectivity index (χ0v) is 13.7. The zero-order chi connectivity index (χ0) is 16.1. The van der Waals surface area contributed by atoms with E-state index in [-0.39, 0.29) is 5.91 Å². The maximum atomic E-state index is 11.1. The summed E-state index contributed by atoms with van der Waals surface area (Å²) in [7, 11) is 0. The van der Waals surface area contributed by atoms with Gasteiger partial charge in [0, 0.05) is 38.3 Å². The number of primary amides is 1. The van der Waals surface area contributed by atoms with Crippen LogP contribution in [0.2, 0.25) is 0 Å². The van der Waals surface area contributed by atoms with E-state index in [1.807, 2.05) is 24.3 Å². The summed E-state index contributed by atoms with van der Waals surface area (Å²) in [6.45, 7) is 8.38. The molecule has 0 radical (unpaired) electrons. The first-order valence-electron chi connectivity index (χ1n) is 8.62. The minimum atomic E-state index is -0.361. The summed E-state index contributed by atoms with van der Waals surface area (Å²) in [5.74, 6) is 0.395. The maximum absolute atomic E-state index is 11.1. The lowest BCUT2D eigenvalue weighted by atomic mass is 9.96. The van der Waals surface area contributed by atoms with E-state index in [9.17, 15) is 4.79 Å². The normalized spacial score (nSPS) is 23.7. The van der Waals surface area contributed by atoms with Crippen molar-refractivity contribution in [3.63, 3.8) is 0 Å². The van der Waals surface area contributed by atoms with Crippen LogP contribution in [0.3, 0.4) is 0 Å². The van der Waals surface area contributed by atoms with Crippen molar-refractivity contribution in [1.82, 2.24) is 9.80 Å². The smallest absolute Gasteiger partial charge is 0.248 e. The second-order valence-electron chi connectivity index (χ2n) is 6.72. The summed E-state index contributed by atoms with van der Waals surface area (Å²) in [6.07, 6.45) is 2.60. The molecule has 1 unspecified atom stereocenters. The molecule has 5 heteroatoms. The van der Waals surface area contributed by atoms with Gasteiger partial charge < -0.3 is 10.5 Å². The highest BCUT2D eigenvalue weighted by molar-refractivity contribution is 5.92. The van der Waals surface area contributed by atoms with E-state index in [4.69, 9.17) is 10.5 Å². The number of hydrogen-bond donors (Lipinski definition) is 1. The fraction of sp³-hybridized carbons (Fsp3) is 0.611. The molecule has 1 atom stereocenters. The van der Waals surface area contributed by atoms with Crippen molar-refractivity contribution < 1.29 is 9.53 Å². The van der Waals surface area contributed by atoms with Crippen LogP contribution in [-0.2, 0) is 11.3 Å². The number of nitrogens with two attached hydrogens (primary N) is 1. The molecule has 0 saturated carbocycles. The minimum absolute atomic E-state index is 0.361. The molecule has 0 aliphatic carbocycles. The molecular formula is C18H27N3O2. The maximum Gasteiger partial charge on any atom is 0.248 e. The molecule has 2 aliphatic rings. The van der Waals surface area contributed by atoms with Crippen LogP contribution in [0.5, 0.6) is 0 Å². The number of carbonyl (C=O) groups is 1. The number of ether oxygens (including phenoxy) is 1. The largest absolute Gasteiger partial charge is 0.379 e. The van der Waals surface area contributed by atoms with Gasteiger partial charge in [-0.2, -0.15) is 0 Å². The molecule has 0 aromatic heterocycles. The molecule has 2 N–H and O–H groups in total. The van der Waals surface area contributed by atoms with Crippen molar-refractivity contribution in [2.75, 3.05) is 45.9 Å². The average molecular weight is 317 g/mol. The molecule has 2 aliphatic heterocycles.